The molecule has 0 aliphatic rings. The summed E-state index contributed by atoms with van der Waals surface area (Å²) < 4.78 is 6.40. The molecule has 1 rings (SSSR count). The first kappa shape index (κ1) is 18.7. The fourth-order valence-corrected chi connectivity index (χ4v) is 3.40. The molecule has 1 unspecified atom stereocenters. The monoisotopic (exact) mass is 323 g/mol. The highest BCUT2D eigenvalue weighted by Gasteiger charge is 2.38. The molecule has 22 heavy (non-hydrogen) atoms. The van der Waals surface area contributed by atoms with Gasteiger partial charge < -0.3 is 9.53 Å². The number of rotatable bonds is 4. The zero-order chi connectivity index (χ0) is 17.3. The Morgan fingerprint density at radius 3 is 2.32 bits per heavy atom. The SMILES string of the molecule is Cc1ccc(C(C)O[Si](C)(C)C(C)(C)C)cc1N(C)C(=O)O. The first-order valence-electron chi connectivity index (χ1n) is 7.62. The molecule has 1 aromatic carbocycles. The van der Waals surface area contributed by atoms with Gasteiger partial charge >= 0.3 is 6.09 Å². The smallest absolute Gasteiger partial charge is 0.411 e. The van der Waals surface area contributed by atoms with Crippen molar-refractivity contribution < 1.29 is 14.3 Å². The summed E-state index contributed by atoms with van der Waals surface area (Å²) in [7, 11) is -0.297. The van der Waals surface area contributed by atoms with E-state index in [1.807, 2.05) is 32.0 Å². The molecule has 4 nitrogen and oxygen atoms in total. The van der Waals surface area contributed by atoms with Gasteiger partial charge in [0, 0.05) is 12.7 Å². The molecule has 0 saturated carbocycles. The molecule has 0 aliphatic carbocycles. The van der Waals surface area contributed by atoms with Crippen molar-refractivity contribution in [1.82, 2.24) is 0 Å². The Bertz CT molecular complexity index is 549. The molecule has 0 fully saturated rings. The minimum absolute atomic E-state index is 0.0533. The lowest BCUT2D eigenvalue weighted by atomic mass is 10.1. The fourth-order valence-electron chi connectivity index (χ4n) is 2.03. The van der Waals surface area contributed by atoms with Gasteiger partial charge in [-0.1, -0.05) is 32.9 Å². The second kappa shape index (κ2) is 6.42. The first-order valence-corrected chi connectivity index (χ1v) is 10.5. The second-order valence-corrected chi connectivity index (χ2v) is 12.2. The highest BCUT2D eigenvalue weighted by atomic mass is 28.4. The Morgan fingerprint density at radius 1 is 1.32 bits per heavy atom. The minimum Gasteiger partial charge on any atom is -0.465 e. The number of hydrogen-bond acceptors (Lipinski definition) is 2. The molecule has 0 spiro atoms. The van der Waals surface area contributed by atoms with Crippen molar-refractivity contribution in [3.63, 3.8) is 0 Å². The van der Waals surface area contributed by atoms with Crippen molar-refractivity contribution in [2.75, 3.05) is 11.9 Å². The summed E-state index contributed by atoms with van der Waals surface area (Å²) in [5.74, 6) is 0. The summed E-state index contributed by atoms with van der Waals surface area (Å²) in [6, 6.07) is 5.89. The molecule has 5 heteroatoms. The molecule has 0 aliphatic heterocycles. The van der Waals surface area contributed by atoms with Crippen LogP contribution in [0.2, 0.25) is 18.1 Å². The number of anilines is 1. The van der Waals surface area contributed by atoms with Gasteiger partial charge in [0.05, 0.1) is 6.10 Å². The summed E-state index contributed by atoms with van der Waals surface area (Å²) in [4.78, 5) is 12.4. The Kier molecular flexibility index (Phi) is 5.46. The highest BCUT2D eigenvalue weighted by Crippen LogP contribution is 2.40. The molecule has 0 heterocycles. The number of carbonyl (C=O) groups is 1. The lowest BCUT2D eigenvalue weighted by molar-refractivity contribution is 0.201. The second-order valence-electron chi connectivity index (χ2n) is 7.41. The van der Waals surface area contributed by atoms with Crippen LogP contribution >= 0.6 is 0 Å². The summed E-state index contributed by atoms with van der Waals surface area (Å²) in [6.45, 7) is 15.0. The third-order valence-electron chi connectivity index (χ3n) is 4.63. The van der Waals surface area contributed by atoms with Crippen LogP contribution in [0.4, 0.5) is 10.5 Å². The van der Waals surface area contributed by atoms with Crippen LogP contribution in [-0.4, -0.2) is 26.6 Å². The van der Waals surface area contributed by atoms with Crippen molar-refractivity contribution in [1.29, 1.82) is 0 Å². The van der Waals surface area contributed by atoms with Crippen LogP contribution in [0.3, 0.4) is 0 Å². The molecule has 124 valence electrons. The maximum absolute atomic E-state index is 11.2. The van der Waals surface area contributed by atoms with Crippen LogP contribution in [0.15, 0.2) is 18.2 Å². The van der Waals surface area contributed by atoms with Crippen molar-refractivity contribution in [3.8, 4) is 0 Å². The Hall–Kier alpha value is -1.33. The van der Waals surface area contributed by atoms with E-state index in [1.54, 1.807) is 7.05 Å². The van der Waals surface area contributed by atoms with Crippen LogP contribution in [0.5, 0.6) is 0 Å². The Balaban J connectivity index is 3.08. The lowest BCUT2D eigenvalue weighted by Crippen LogP contribution is -2.41. The van der Waals surface area contributed by atoms with Crippen molar-refractivity contribution in [3.05, 3.63) is 29.3 Å². The molecule has 1 N–H and O–H groups in total. The van der Waals surface area contributed by atoms with Crippen LogP contribution in [0.25, 0.3) is 0 Å². The van der Waals surface area contributed by atoms with E-state index in [4.69, 9.17) is 4.43 Å². The third kappa shape index (κ3) is 4.11. The van der Waals surface area contributed by atoms with Crippen molar-refractivity contribution >= 4 is 20.1 Å². The average Bonchev–Trinajstić information content (AvgIpc) is 2.36. The number of amides is 1. The maximum atomic E-state index is 11.2. The topological polar surface area (TPSA) is 49.8 Å². The summed E-state index contributed by atoms with van der Waals surface area (Å²) in [5.41, 5.74) is 2.65. The summed E-state index contributed by atoms with van der Waals surface area (Å²) in [6.07, 6.45) is -1.01. The van der Waals surface area contributed by atoms with E-state index in [2.05, 4.69) is 33.9 Å². The van der Waals surface area contributed by atoms with E-state index >= 15 is 0 Å². The van der Waals surface area contributed by atoms with Gasteiger partial charge in [-0.3, -0.25) is 4.90 Å². The molecular formula is C17H29NO3Si. The van der Waals surface area contributed by atoms with Gasteiger partial charge in [0.1, 0.15) is 0 Å². The van der Waals surface area contributed by atoms with Gasteiger partial charge in [0.25, 0.3) is 0 Å². The molecular weight excluding hydrogens is 294 g/mol. The maximum Gasteiger partial charge on any atom is 0.411 e. The van der Waals surface area contributed by atoms with E-state index in [0.29, 0.717) is 5.69 Å². The summed E-state index contributed by atoms with van der Waals surface area (Å²) in [5, 5.41) is 9.33. The lowest BCUT2D eigenvalue weighted by Gasteiger charge is -2.38. The molecule has 0 aromatic heterocycles. The van der Waals surface area contributed by atoms with Crippen LogP contribution < -0.4 is 4.90 Å². The van der Waals surface area contributed by atoms with E-state index in [-0.39, 0.29) is 11.1 Å². The fraction of sp³-hybridized carbons (Fsp3) is 0.588. The summed E-state index contributed by atoms with van der Waals surface area (Å²) >= 11 is 0. The molecule has 1 amide bonds. The van der Waals surface area contributed by atoms with E-state index in [9.17, 15) is 9.90 Å². The van der Waals surface area contributed by atoms with E-state index in [0.717, 1.165) is 11.1 Å². The van der Waals surface area contributed by atoms with Gasteiger partial charge in [0.2, 0.25) is 0 Å². The molecule has 1 aromatic rings. The number of carboxylic acid groups (broad SMARTS) is 1. The van der Waals surface area contributed by atoms with Crippen molar-refractivity contribution in [2.45, 2.75) is 58.9 Å². The molecule has 0 saturated heterocycles. The average molecular weight is 324 g/mol. The minimum atomic E-state index is -1.86. The van der Waals surface area contributed by atoms with Gasteiger partial charge in [-0.15, -0.1) is 0 Å². The normalized spacial score (nSPS) is 13.8. The van der Waals surface area contributed by atoms with Gasteiger partial charge in [-0.25, -0.2) is 4.79 Å². The molecule has 0 radical (unpaired) electrons. The van der Waals surface area contributed by atoms with Gasteiger partial charge in [-0.2, -0.15) is 0 Å². The number of hydrogen-bond donors (Lipinski definition) is 1. The van der Waals surface area contributed by atoms with Crippen LogP contribution in [0.1, 0.15) is 44.9 Å². The van der Waals surface area contributed by atoms with Crippen molar-refractivity contribution in [2.24, 2.45) is 0 Å². The third-order valence-corrected chi connectivity index (χ3v) is 9.18. The standard InChI is InChI=1S/C17H29NO3Si/c1-12-9-10-14(11-15(12)18(6)16(19)20)13(2)21-22(7,8)17(3,4)5/h9-11,13H,1-8H3,(H,19,20). The highest BCUT2D eigenvalue weighted by molar-refractivity contribution is 6.74. The zero-order valence-electron chi connectivity index (χ0n) is 15.0. The first-order chi connectivity index (χ1) is 9.86. The number of aryl methyl sites for hydroxylation is 1. The van der Waals surface area contributed by atoms with Crippen LogP contribution in [0, 0.1) is 6.92 Å². The van der Waals surface area contributed by atoms with Gasteiger partial charge in [0.15, 0.2) is 8.32 Å². The van der Waals surface area contributed by atoms with E-state index in [1.165, 1.54) is 4.90 Å². The molecule has 1 atom stereocenters. The Morgan fingerprint density at radius 2 is 1.86 bits per heavy atom. The largest absolute Gasteiger partial charge is 0.465 e. The Labute approximate surface area is 135 Å². The van der Waals surface area contributed by atoms with E-state index < -0.39 is 14.4 Å². The number of benzene rings is 1. The zero-order valence-corrected chi connectivity index (χ0v) is 16.0. The number of nitrogens with zero attached hydrogens (tertiary/aromatic N) is 1. The van der Waals surface area contributed by atoms with Crippen LogP contribution in [-0.2, 0) is 4.43 Å². The van der Waals surface area contributed by atoms with Gasteiger partial charge in [-0.05, 0) is 49.2 Å². The predicted molar refractivity (Wildman–Crippen MR) is 94.3 cm³/mol. The molecule has 0 bridgehead atoms. The quantitative estimate of drug-likeness (QED) is 0.775. The predicted octanol–water partition coefficient (Wildman–Crippen LogP) is 5.19.